The van der Waals surface area contributed by atoms with Crippen molar-refractivity contribution in [2.75, 3.05) is 26.2 Å². The first kappa shape index (κ1) is 16.9. The number of amides is 2. The third-order valence-corrected chi connectivity index (χ3v) is 4.66. The van der Waals surface area contributed by atoms with Crippen LogP contribution in [0.1, 0.15) is 36.8 Å². The molecule has 0 bridgehead atoms. The molecule has 1 aliphatic rings. The van der Waals surface area contributed by atoms with Crippen molar-refractivity contribution in [3.8, 4) is 0 Å². The summed E-state index contributed by atoms with van der Waals surface area (Å²) < 4.78 is 4.16. The lowest BCUT2D eigenvalue weighted by molar-refractivity contribution is -0.126. The molecule has 2 heterocycles. The zero-order valence-corrected chi connectivity index (χ0v) is 14.4. The van der Waals surface area contributed by atoms with E-state index in [9.17, 15) is 9.59 Å². The molecule has 1 aliphatic heterocycles. The van der Waals surface area contributed by atoms with Crippen LogP contribution in [0.3, 0.4) is 0 Å². The third kappa shape index (κ3) is 3.84. The van der Waals surface area contributed by atoms with Crippen LogP contribution in [-0.4, -0.2) is 64.3 Å². The van der Waals surface area contributed by atoms with Gasteiger partial charge in [-0.05, 0) is 39.2 Å². The number of rotatable bonds is 4. The molecule has 22 heavy (non-hydrogen) atoms. The van der Waals surface area contributed by atoms with E-state index in [2.05, 4.69) is 14.6 Å². The number of hydrogen-bond acceptors (Lipinski definition) is 5. The second-order valence-electron chi connectivity index (χ2n) is 5.98. The van der Waals surface area contributed by atoms with Crippen LogP contribution >= 0.6 is 11.5 Å². The van der Waals surface area contributed by atoms with Gasteiger partial charge in [0.05, 0.1) is 17.3 Å². The SMILES string of the molecule is Cc1nscc1C(=O)N1CCN([C@@H](C)C(=O)NC(C)C)CC1. The first-order valence-electron chi connectivity index (χ1n) is 7.64. The number of piperazine rings is 1. The van der Waals surface area contributed by atoms with Gasteiger partial charge < -0.3 is 10.2 Å². The van der Waals surface area contributed by atoms with Gasteiger partial charge in [0.1, 0.15) is 0 Å². The molecule has 0 spiro atoms. The van der Waals surface area contributed by atoms with Gasteiger partial charge in [0.25, 0.3) is 5.91 Å². The zero-order chi connectivity index (χ0) is 16.3. The van der Waals surface area contributed by atoms with Crippen LogP contribution < -0.4 is 5.32 Å². The standard InChI is InChI=1S/C15H24N4O2S/c1-10(2)16-14(20)12(4)18-5-7-19(8-6-18)15(21)13-9-22-17-11(13)3/h9-10,12H,5-8H2,1-4H3,(H,16,20)/t12-/m0/s1. The van der Waals surface area contributed by atoms with E-state index in [-0.39, 0.29) is 23.9 Å². The molecule has 6 nitrogen and oxygen atoms in total. The minimum absolute atomic E-state index is 0.0465. The van der Waals surface area contributed by atoms with Crippen molar-refractivity contribution >= 4 is 23.3 Å². The summed E-state index contributed by atoms with van der Waals surface area (Å²) in [4.78, 5) is 28.5. The Hall–Kier alpha value is -1.47. The van der Waals surface area contributed by atoms with Gasteiger partial charge in [0.15, 0.2) is 0 Å². The van der Waals surface area contributed by atoms with E-state index in [0.29, 0.717) is 18.7 Å². The normalized spacial score (nSPS) is 17.6. The van der Waals surface area contributed by atoms with Crippen molar-refractivity contribution in [3.63, 3.8) is 0 Å². The molecule has 1 saturated heterocycles. The van der Waals surface area contributed by atoms with Crippen LogP contribution in [0.5, 0.6) is 0 Å². The smallest absolute Gasteiger partial charge is 0.256 e. The van der Waals surface area contributed by atoms with Crippen LogP contribution in [-0.2, 0) is 4.79 Å². The molecule has 1 aromatic rings. The summed E-state index contributed by atoms with van der Waals surface area (Å²) in [5, 5.41) is 4.74. The Morgan fingerprint density at radius 2 is 1.86 bits per heavy atom. The number of carbonyl (C=O) groups is 2. The molecule has 0 aliphatic carbocycles. The van der Waals surface area contributed by atoms with Gasteiger partial charge in [-0.2, -0.15) is 4.37 Å². The highest BCUT2D eigenvalue weighted by Crippen LogP contribution is 2.15. The molecule has 0 radical (unpaired) electrons. The average molecular weight is 324 g/mol. The van der Waals surface area contributed by atoms with Gasteiger partial charge in [-0.15, -0.1) is 0 Å². The van der Waals surface area contributed by atoms with E-state index in [1.54, 1.807) is 0 Å². The Balaban J connectivity index is 1.89. The molecule has 2 rings (SSSR count). The van der Waals surface area contributed by atoms with Crippen molar-refractivity contribution in [1.29, 1.82) is 0 Å². The summed E-state index contributed by atoms with van der Waals surface area (Å²) in [5.74, 6) is 0.0952. The van der Waals surface area contributed by atoms with Crippen molar-refractivity contribution in [3.05, 3.63) is 16.6 Å². The Bertz CT molecular complexity index is 535. The van der Waals surface area contributed by atoms with E-state index in [0.717, 1.165) is 18.8 Å². The summed E-state index contributed by atoms with van der Waals surface area (Å²) in [6.45, 7) is 10.4. The quantitative estimate of drug-likeness (QED) is 0.901. The molecule has 1 N–H and O–H groups in total. The molecular formula is C15H24N4O2S. The lowest BCUT2D eigenvalue weighted by Gasteiger charge is -2.37. The third-order valence-electron chi connectivity index (χ3n) is 3.94. The van der Waals surface area contributed by atoms with E-state index in [1.807, 2.05) is 38.0 Å². The second-order valence-corrected chi connectivity index (χ2v) is 6.61. The number of nitrogens with one attached hydrogen (secondary N) is 1. The zero-order valence-electron chi connectivity index (χ0n) is 13.6. The second kappa shape index (κ2) is 7.19. The highest BCUT2D eigenvalue weighted by Gasteiger charge is 2.28. The molecule has 0 aromatic carbocycles. The topological polar surface area (TPSA) is 65.5 Å². The number of hydrogen-bond donors (Lipinski definition) is 1. The first-order chi connectivity index (χ1) is 10.4. The predicted molar refractivity (Wildman–Crippen MR) is 87.1 cm³/mol. The van der Waals surface area contributed by atoms with Crippen molar-refractivity contribution in [1.82, 2.24) is 19.5 Å². The van der Waals surface area contributed by atoms with E-state index < -0.39 is 0 Å². The maximum atomic E-state index is 12.4. The van der Waals surface area contributed by atoms with Gasteiger partial charge in [-0.3, -0.25) is 14.5 Å². The van der Waals surface area contributed by atoms with Crippen molar-refractivity contribution < 1.29 is 9.59 Å². The minimum Gasteiger partial charge on any atom is -0.353 e. The Labute approximate surface area is 135 Å². The van der Waals surface area contributed by atoms with Gasteiger partial charge in [-0.25, -0.2) is 0 Å². The predicted octanol–water partition coefficient (Wildman–Crippen LogP) is 1.12. The Morgan fingerprint density at radius 3 is 2.36 bits per heavy atom. The van der Waals surface area contributed by atoms with Gasteiger partial charge in [0, 0.05) is 37.6 Å². The lowest BCUT2D eigenvalue weighted by atomic mass is 10.1. The summed E-state index contributed by atoms with van der Waals surface area (Å²) in [7, 11) is 0. The highest BCUT2D eigenvalue weighted by molar-refractivity contribution is 7.03. The summed E-state index contributed by atoms with van der Waals surface area (Å²) >= 11 is 1.31. The number of aromatic nitrogens is 1. The van der Waals surface area contributed by atoms with Gasteiger partial charge in [0.2, 0.25) is 5.91 Å². The minimum atomic E-state index is -0.163. The summed E-state index contributed by atoms with van der Waals surface area (Å²) in [6.07, 6.45) is 0. The maximum Gasteiger partial charge on any atom is 0.256 e. The number of nitrogens with zero attached hydrogens (tertiary/aromatic N) is 3. The Morgan fingerprint density at radius 1 is 1.23 bits per heavy atom. The van der Waals surface area contributed by atoms with Crippen LogP contribution in [0.2, 0.25) is 0 Å². The van der Waals surface area contributed by atoms with Crippen LogP contribution in [0, 0.1) is 6.92 Å². The average Bonchev–Trinajstić information content (AvgIpc) is 2.91. The Kier molecular flexibility index (Phi) is 5.52. The van der Waals surface area contributed by atoms with Gasteiger partial charge >= 0.3 is 0 Å². The first-order valence-corrected chi connectivity index (χ1v) is 8.48. The molecule has 0 saturated carbocycles. The molecule has 0 unspecified atom stereocenters. The lowest BCUT2D eigenvalue weighted by Crippen LogP contribution is -2.55. The fourth-order valence-corrected chi connectivity index (χ4v) is 3.24. The van der Waals surface area contributed by atoms with Crippen LogP contribution in [0.15, 0.2) is 5.38 Å². The number of carbonyl (C=O) groups excluding carboxylic acids is 2. The highest BCUT2D eigenvalue weighted by atomic mass is 32.1. The van der Waals surface area contributed by atoms with Crippen LogP contribution in [0.25, 0.3) is 0 Å². The molecule has 1 fully saturated rings. The van der Waals surface area contributed by atoms with Gasteiger partial charge in [-0.1, -0.05) is 0 Å². The van der Waals surface area contributed by atoms with E-state index in [1.165, 1.54) is 11.5 Å². The molecule has 1 atom stereocenters. The molecule has 7 heteroatoms. The van der Waals surface area contributed by atoms with E-state index in [4.69, 9.17) is 0 Å². The molecule has 1 aromatic heterocycles. The largest absolute Gasteiger partial charge is 0.353 e. The maximum absolute atomic E-state index is 12.4. The fourth-order valence-electron chi connectivity index (χ4n) is 2.55. The fraction of sp³-hybridized carbons (Fsp3) is 0.667. The monoisotopic (exact) mass is 324 g/mol. The molecular weight excluding hydrogens is 300 g/mol. The van der Waals surface area contributed by atoms with Crippen LogP contribution in [0.4, 0.5) is 0 Å². The number of aryl methyl sites for hydroxylation is 1. The van der Waals surface area contributed by atoms with Crippen molar-refractivity contribution in [2.24, 2.45) is 0 Å². The summed E-state index contributed by atoms with van der Waals surface area (Å²) in [5.41, 5.74) is 1.49. The molecule has 2 amide bonds. The molecule has 122 valence electrons. The summed E-state index contributed by atoms with van der Waals surface area (Å²) in [6, 6.07) is -0.0175. The van der Waals surface area contributed by atoms with Crippen molar-refractivity contribution in [2.45, 2.75) is 39.8 Å². The van der Waals surface area contributed by atoms with E-state index >= 15 is 0 Å².